The number of carbonyl (C=O) groups excluding carboxylic acids is 2. The van der Waals surface area contributed by atoms with E-state index in [1.54, 1.807) is 12.1 Å². The Hall–Kier alpha value is -1.26. The molecule has 1 aliphatic rings. The highest BCUT2D eigenvalue weighted by molar-refractivity contribution is 6.43. The molecule has 1 aromatic carbocycles. The van der Waals surface area contributed by atoms with E-state index in [1.165, 1.54) is 18.9 Å². The first-order valence-electron chi connectivity index (χ1n) is 7.48. The van der Waals surface area contributed by atoms with E-state index in [0.717, 1.165) is 25.7 Å². The molecule has 1 aliphatic carbocycles. The van der Waals surface area contributed by atoms with Crippen molar-refractivity contribution < 1.29 is 14.3 Å². The summed E-state index contributed by atoms with van der Waals surface area (Å²) in [6.07, 6.45) is 6.66. The maximum atomic E-state index is 11.9. The largest absolute Gasteiger partial charge is 0.452 e. The third-order valence-corrected chi connectivity index (χ3v) is 4.55. The average molecular weight is 344 g/mol. The monoisotopic (exact) mass is 343 g/mol. The molecule has 0 radical (unpaired) electrons. The molecule has 120 valence electrons. The number of nitrogens with one attached hydrogen (secondary N) is 1. The molecule has 1 N–H and O–H groups in total. The molecule has 0 bridgehead atoms. The van der Waals surface area contributed by atoms with Gasteiger partial charge in [0.05, 0.1) is 15.6 Å². The van der Waals surface area contributed by atoms with E-state index in [4.69, 9.17) is 27.9 Å². The summed E-state index contributed by atoms with van der Waals surface area (Å²) in [4.78, 5) is 23.8. The van der Waals surface area contributed by atoms with E-state index >= 15 is 0 Å². The molecule has 6 heteroatoms. The minimum Gasteiger partial charge on any atom is -0.452 e. The van der Waals surface area contributed by atoms with Crippen molar-refractivity contribution in [1.82, 2.24) is 5.32 Å². The van der Waals surface area contributed by atoms with Gasteiger partial charge in [-0.3, -0.25) is 4.79 Å². The van der Waals surface area contributed by atoms with Crippen LogP contribution in [0.3, 0.4) is 0 Å². The maximum absolute atomic E-state index is 11.9. The number of esters is 1. The molecule has 22 heavy (non-hydrogen) atoms. The molecule has 0 saturated heterocycles. The second-order valence-corrected chi connectivity index (χ2v) is 6.22. The zero-order valence-corrected chi connectivity index (χ0v) is 13.8. The number of hydrogen-bond donors (Lipinski definition) is 1. The number of benzene rings is 1. The van der Waals surface area contributed by atoms with Gasteiger partial charge in [-0.05, 0) is 25.0 Å². The van der Waals surface area contributed by atoms with Crippen LogP contribution in [0.1, 0.15) is 48.9 Å². The first kappa shape index (κ1) is 17.1. The van der Waals surface area contributed by atoms with Gasteiger partial charge in [-0.1, -0.05) is 55.0 Å². The van der Waals surface area contributed by atoms with Crippen molar-refractivity contribution in [2.45, 2.75) is 44.6 Å². The summed E-state index contributed by atoms with van der Waals surface area (Å²) in [6.45, 7) is -0.307. The van der Waals surface area contributed by atoms with E-state index in [-0.39, 0.29) is 34.2 Å². The Morgan fingerprint density at radius 1 is 1.14 bits per heavy atom. The van der Waals surface area contributed by atoms with Crippen LogP contribution in [0.4, 0.5) is 0 Å². The Bertz CT molecular complexity index is 540. The highest BCUT2D eigenvalue weighted by Gasteiger charge is 2.18. The molecule has 0 atom stereocenters. The summed E-state index contributed by atoms with van der Waals surface area (Å²) in [5, 5.41) is 3.33. The van der Waals surface area contributed by atoms with Crippen molar-refractivity contribution in [2.75, 3.05) is 6.61 Å². The maximum Gasteiger partial charge on any atom is 0.340 e. The van der Waals surface area contributed by atoms with Gasteiger partial charge >= 0.3 is 5.97 Å². The Labute approximate surface area is 140 Å². The van der Waals surface area contributed by atoms with Crippen molar-refractivity contribution in [3.63, 3.8) is 0 Å². The van der Waals surface area contributed by atoms with Crippen molar-refractivity contribution >= 4 is 35.1 Å². The zero-order valence-electron chi connectivity index (χ0n) is 12.2. The highest BCUT2D eigenvalue weighted by Crippen LogP contribution is 2.26. The minimum absolute atomic E-state index is 0.137. The Morgan fingerprint density at radius 3 is 2.50 bits per heavy atom. The third kappa shape index (κ3) is 4.89. The molecule has 4 nitrogen and oxygen atoms in total. The molecule has 0 spiro atoms. The van der Waals surface area contributed by atoms with Crippen LogP contribution in [0.15, 0.2) is 18.2 Å². The summed E-state index contributed by atoms with van der Waals surface area (Å²) >= 11 is 11.8. The second kappa shape index (κ2) is 8.39. The predicted molar refractivity (Wildman–Crippen MR) is 86.4 cm³/mol. The van der Waals surface area contributed by atoms with E-state index < -0.39 is 5.97 Å². The fourth-order valence-corrected chi connectivity index (χ4v) is 2.94. The third-order valence-electron chi connectivity index (χ3n) is 3.73. The van der Waals surface area contributed by atoms with Crippen molar-refractivity contribution in [3.8, 4) is 0 Å². The van der Waals surface area contributed by atoms with Crippen LogP contribution in [0, 0.1) is 0 Å². The van der Waals surface area contributed by atoms with E-state index in [9.17, 15) is 9.59 Å². The molecular formula is C16H19Cl2NO3. The Balaban J connectivity index is 1.82. The summed E-state index contributed by atoms with van der Waals surface area (Å²) in [7, 11) is 0. The molecule has 1 saturated carbocycles. The van der Waals surface area contributed by atoms with Crippen LogP contribution in [0.5, 0.6) is 0 Å². The lowest BCUT2D eigenvalue weighted by Crippen LogP contribution is -2.37. The molecule has 1 fully saturated rings. The lowest BCUT2D eigenvalue weighted by Gasteiger charge is -2.16. The molecule has 0 aliphatic heterocycles. The topological polar surface area (TPSA) is 55.4 Å². The normalized spacial score (nSPS) is 15.9. The SMILES string of the molecule is O=C(COC(=O)c1cccc(Cl)c1Cl)NC1CCCCCC1. The van der Waals surface area contributed by atoms with Crippen molar-refractivity contribution in [3.05, 3.63) is 33.8 Å². The van der Waals surface area contributed by atoms with Gasteiger partial charge in [0.2, 0.25) is 0 Å². The smallest absolute Gasteiger partial charge is 0.340 e. The Kier molecular flexibility index (Phi) is 6.52. The van der Waals surface area contributed by atoms with Crippen molar-refractivity contribution in [1.29, 1.82) is 0 Å². The summed E-state index contributed by atoms with van der Waals surface area (Å²) < 4.78 is 5.00. The lowest BCUT2D eigenvalue weighted by atomic mass is 10.1. The lowest BCUT2D eigenvalue weighted by molar-refractivity contribution is -0.125. The highest BCUT2D eigenvalue weighted by atomic mass is 35.5. The molecule has 2 rings (SSSR count). The summed E-state index contributed by atoms with van der Waals surface area (Å²) in [6, 6.07) is 4.89. The quantitative estimate of drug-likeness (QED) is 0.664. The van der Waals surface area contributed by atoms with E-state index in [0.29, 0.717) is 0 Å². The number of hydrogen-bond acceptors (Lipinski definition) is 3. The number of ether oxygens (including phenoxy) is 1. The average Bonchev–Trinajstić information content (AvgIpc) is 2.76. The van der Waals surface area contributed by atoms with Crippen LogP contribution < -0.4 is 5.32 Å². The number of carbonyl (C=O) groups is 2. The Morgan fingerprint density at radius 2 is 1.82 bits per heavy atom. The fraction of sp³-hybridized carbons (Fsp3) is 0.500. The minimum atomic E-state index is -0.650. The zero-order chi connectivity index (χ0) is 15.9. The first-order chi connectivity index (χ1) is 10.6. The van der Waals surface area contributed by atoms with Gasteiger partial charge in [0, 0.05) is 6.04 Å². The van der Waals surface area contributed by atoms with Gasteiger partial charge in [-0.2, -0.15) is 0 Å². The van der Waals surface area contributed by atoms with Crippen LogP contribution in [0.25, 0.3) is 0 Å². The summed E-state index contributed by atoms with van der Waals surface area (Å²) in [5.41, 5.74) is 0.163. The predicted octanol–water partition coefficient (Wildman–Crippen LogP) is 3.99. The molecule has 0 unspecified atom stereocenters. The van der Waals surface area contributed by atoms with Crippen LogP contribution in [-0.4, -0.2) is 24.5 Å². The molecule has 0 aromatic heterocycles. The van der Waals surface area contributed by atoms with Crippen LogP contribution >= 0.6 is 23.2 Å². The second-order valence-electron chi connectivity index (χ2n) is 5.43. The van der Waals surface area contributed by atoms with E-state index in [1.807, 2.05) is 0 Å². The van der Waals surface area contributed by atoms with Gasteiger partial charge < -0.3 is 10.1 Å². The number of rotatable bonds is 4. The first-order valence-corrected chi connectivity index (χ1v) is 8.24. The van der Waals surface area contributed by atoms with Crippen LogP contribution in [0.2, 0.25) is 10.0 Å². The van der Waals surface area contributed by atoms with Gasteiger partial charge in [0.15, 0.2) is 6.61 Å². The molecule has 0 heterocycles. The standard InChI is InChI=1S/C16H19Cl2NO3/c17-13-9-5-8-12(15(13)18)16(21)22-10-14(20)19-11-6-3-1-2-4-7-11/h5,8-9,11H,1-4,6-7,10H2,(H,19,20). The fourth-order valence-electron chi connectivity index (χ4n) is 2.56. The van der Waals surface area contributed by atoms with Crippen LogP contribution in [-0.2, 0) is 9.53 Å². The molecular weight excluding hydrogens is 325 g/mol. The number of halogens is 2. The van der Waals surface area contributed by atoms with E-state index in [2.05, 4.69) is 5.32 Å². The van der Waals surface area contributed by atoms with Gasteiger partial charge in [-0.25, -0.2) is 4.79 Å². The van der Waals surface area contributed by atoms with Gasteiger partial charge in [0.1, 0.15) is 0 Å². The molecule has 1 aromatic rings. The van der Waals surface area contributed by atoms with Gasteiger partial charge in [0.25, 0.3) is 5.91 Å². The summed E-state index contributed by atoms with van der Waals surface area (Å²) in [5.74, 6) is -0.929. The van der Waals surface area contributed by atoms with Gasteiger partial charge in [-0.15, -0.1) is 0 Å². The van der Waals surface area contributed by atoms with Crippen molar-refractivity contribution in [2.24, 2.45) is 0 Å². The molecule has 1 amide bonds. The number of amides is 1.